The first kappa shape index (κ1) is 12.5. The van der Waals surface area contributed by atoms with E-state index in [4.69, 9.17) is 4.74 Å². The molecule has 0 bridgehead atoms. The summed E-state index contributed by atoms with van der Waals surface area (Å²) < 4.78 is 18.9. The van der Waals surface area contributed by atoms with Crippen molar-refractivity contribution in [3.05, 3.63) is 59.7 Å². The molecule has 0 fully saturated rings. The second-order valence-corrected chi connectivity index (χ2v) is 3.89. The largest absolute Gasteiger partial charge is 0.489 e. The lowest BCUT2D eigenvalue weighted by Gasteiger charge is -2.08. The van der Waals surface area contributed by atoms with E-state index < -0.39 is 0 Å². The molecule has 0 saturated carbocycles. The van der Waals surface area contributed by atoms with Crippen molar-refractivity contribution in [3.63, 3.8) is 0 Å². The van der Waals surface area contributed by atoms with E-state index in [2.05, 4.69) is 10.3 Å². The smallest absolute Gasteiger partial charge is 0.129 e. The van der Waals surface area contributed by atoms with Crippen molar-refractivity contribution in [2.75, 3.05) is 7.05 Å². The average molecular weight is 246 g/mol. The normalized spacial score (nSPS) is 10.3. The maximum Gasteiger partial charge on any atom is 0.129 e. The number of hydrogen-bond acceptors (Lipinski definition) is 3. The molecular formula is C14H15FN2O. The maximum absolute atomic E-state index is 13.4. The van der Waals surface area contributed by atoms with E-state index in [-0.39, 0.29) is 12.4 Å². The predicted octanol–water partition coefficient (Wildman–Crippen LogP) is 2.52. The van der Waals surface area contributed by atoms with Gasteiger partial charge in [-0.1, -0.05) is 18.2 Å². The van der Waals surface area contributed by atoms with Crippen molar-refractivity contribution in [2.45, 2.75) is 13.2 Å². The standard InChI is InChI=1S/C14H15FN2O/c1-16-9-12-8-13(6-7-17-12)18-10-11-4-2-3-5-14(11)15/h2-8,16H,9-10H2,1H3. The fourth-order valence-electron chi connectivity index (χ4n) is 1.60. The summed E-state index contributed by atoms with van der Waals surface area (Å²) in [6.45, 7) is 0.895. The number of nitrogens with zero attached hydrogens (tertiary/aromatic N) is 1. The van der Waals surface area contributed by atoms with Crippen molar-refractivity contribution < 1.29 is 9.13 Å². The topological polar surface area (TPSA) is 34.1 Å². The quantitative estimate of drug-likeness (QED) is 0.880. The van der Waals surface area contributed by atoms with Crippen LogP contribution in [0.15, 0.2) is 42.6 Å². The van der Waals surface area contributed by atoms with Gasteiger partial charge < -0.3 is 10.1 Å². The Labute approximate surface area is 106 Å². The molecule has 1 heterocycles. The summed E-state index contributed by atoms with van der Waals surface area (Å²) in [5.41, 5.74) is 1.44. The lowest BCUT2D eigenvalue weighted by molar-refractivity contribution is 0.299. The van der Waals surface area contributed by atoms with Crippen LogP contribution in [0.1, 0.15) is 11.3 Å². The van der Waals surface area contributed by atoms with Crippen molar-refractivity contribution in [1.82, 2.24) is 10.3 Å². The lowest BCUT2D eigenvalue weighted by Crippen LogP contribution is -2.07. The molecule has 0 amide bonds. The van der Waals surface area contributed by atoms with E-state index in [0.717, 1.165) is 5.69 Å². The molecule has 0 atom stereocenters. The van der Waals surface area contributed by atoms with Gasteiger partial charge in [-0.3, -0.25) is 4.98 Å². The molecule has 0 aliphatic rings. The summed E-state index contributed by atoms with van der Waals surface area (Å²) in [5.74, 6) is 0.445. The molecule has 0 unspecified atom stereocenters. The minimum Gasteiger partial charge on any atom is -0.489 e. The molecule has 4 heteroatoms. The first-order valence-electron chi connectivity index (χ1n) is 5.75. The van der Waals surface area contributed by atoms with Gasteiger partial charge in [0.05, 0.1) is 5.69 Å². The number of hydrogen-bond donors (Lipinski definition) is 1. The first-order valence-corrected chi connectivity index (χ1v) is 5.75. The lowest BCUT2D eigenvalue weighted by atomic mass is 10.2. The number of ether oxygens (including phenoxy) is 1. The Morgan fingerprint density at radius 1 is 1.28 bits per heavy atom. The average Bonchev–Trinajstić information content (AvgIpc) is 2.39. The summed E-state index contributed by atoms with van der Waals surface area (Å²) >= 11 is 0. The Bertz CT molecular complexity index is 517. The first-order chi connectivity index (χ1) is 8.79. The Kier molecular flexibility index (Phi) is 4.25. The molecular weight excluding hydrogens is 231 g/mol. The Morgan fingerprint density at radius 3 is 2.89 bits per heavy atom. The van der Waals surface area contributed by atoms with Gasteiger partial charge in [0.15, 0.2) is 0 Å². The third-order valence-corrected chi connectivity index (χ3v) is 2.50. The Morgan fingerprint density at radius 2 is 2.11 bits per heavy atom. The van der Waals surface area contributed by atoms with E-state index >= 15 is 0 Å². The molecule has 2 aromatic rings. The van der Waals surface area contributed by atoms with Crippen LogP contribution in [0.4, 0.5) is 4.39 Å². The number of aromatic nitrogens is 1. The van der Waals surface area contributed by atoms with Gasteiger partial charge in [-0.25, -0.2) is 4.39 Å². The molecule has 2 rings (SSSR count). The highest BCUT2D eigenvalue weighted by Crippen LogP contribution is 2.14. The summed E-state index contributed by atoms with van der Waals surface area (Å²) in [5, 5.41) is 3.02. The molecule has 1 N–H and O–H groups in total. The highest BCUT2D eigenvalue weighted by molar-refractivity contribution is 5.24. The van der Waals surface area contributed by atoms with Crippen LogP contribution < -0.4 is 10.1 Å². The second-order valence-electron chi connectivity index (χ2n) is 3.89. The Hall–Kier alpha value is -1.94. The number of nitrogens with one attached hydrogen (secondary N) is 1. The van der Waals surface area contributed by atoms with Crippen molar-refractivity contribution in [1.29, 1.82) is 0 Å². The summed E-state index contributed by atoms with van der Waals surface area (Å²) in [7, 11) is 1.86. The van der Waals surface area contributed by atoms with Crippen LogP contribution in [0, 0.1) is 5.82 Å². The van der Waals surface area contributed by atoms with E-state index in [1.165, 1.54) is 6.07 Å². The van der Waals surface area contributed by atoms with Gasteiger partial charge in [-0.2, -0.15) is 0 Å². The molecule has 3 nitrogen and oxygen atoms in total. The summed E-state index contributed by atoms with van der Waals surface area (Å²) in [6, 6.07) is 10.2. The van der Waals surface area contributed by atoms with E-state index in [9.17, 15) is 4.39 Å². The summed E-state index contributed by atoms with van der Waals surface area (Å²) in [6.07, 6.45) is 1.68. The van der Waals surface area contributed by atoms with Crippen LogP contribution in [0.3, 0.4) is 0 Å². The van der Waals surface area contributed by atoms with Gasteiger partial charge in [0.2, 0.25) is 0 Å². The molecule has 0 saturated heterocycles. The zero-order valence-corrected chi connectivity index (χ0v) is 10.2. The third kappa shape index (κ3) is 3.28. The minimum absolute atomic E-state index is 0.218. The third-order valence-electron chi connectivity index (χ3n) is 2.50. The second kappa shape index (κ2) is 6.12. The van der Waals surface area contributed by atoms with E-state index in [1.54, 1.807) is 30.5 Å². The molecule has 0 aliphatic carbocycles. The zero-order valence-electron chi connectivity index (χ0n) is 10.2. The molecule has 1 aromatic carbocycles. The van der Waals surface area contributed by atoms with Crippen LogP contribution in [-0.2, 0) is 13.2 Å². The maximum atomic E-state index is 13.4. The molecule has 0 aliphatic heterocycles. The van der Waals surface area contributed by atoms with Gasteiger partial charge in [-0.15, -0.1) is 0 Å². The number of pyridine rings is 1. The van der Waals surface area contributed by atoms with Crippen LogP contribution in [0.5, 0.6) is 5.75 Å². The predicted molar refractivity (Wildman–Crippen MR) is 67.7 cm³/mol. The van der Waals surface area contributed by atoms with Gasteiger partial charge in [0, 0.05) is 24.4 Å². The van der Waals surface area contributed by atoms with Crippen LogP contribution >= 0.6 is 0 Å². The number of rotatable bonds is 5. The number of halogens is 1. The van der Waals surface area contributed by atoms with E-state index in [0.29, 0.717) is 17.9 Å². The van der Waals surface area contributed by atoms with Gasteiger partial charge in [0.25, 0.3) is 0 Å². The SMILES string of the molecule is CNCc1cc(OCc2ccccc2F)ccn1. The molecule has 0 radical (unpaired) electrons. The zero-order chi connectivity index (χ0) is 12.8. The fraction of sp³-hybridized carbons (Fsp3) is 0.214. The highest BCUT2D eigenvalue weighted by atomic mass is 19.1. The van der Waals surface area contributed by atoms with Gasteiger partial charge in [0.1, 0.15) is 18.2 Å². The van der Waals surface area contributed by atoms with Crippen molar-refractivity contribution in [2.24, 2.45) is 0 Å². The van der Waals surface area contributed by atoms with Crippen LogP contribution in [0.2, 0.25) is 0 Å². The van der Waals surface area contributed by atoms with Crippen LogP contribution in [-0.4, -0.2) is 12.0 Å². The molecule has 18 heavy (non-hydrogen) atoms. The molecule has 1 aromatic heterocycles. The van der Waals surface area contributed by atoms with Crippen molar-refractivity contribution in [3.8, 4) is 5.75 Å². The van der Waals surface area contributed by atoms with E-state index in [1.807, 2.05) is 13.1 Å². The van der Waals surface area contributed by atoms with Gasteiger partial charge in [-0.05, 0) is 19.2 Å². The monoisotopic (exact) mass is 246 g/mol. The molecule has 94 valence electrons. The summed E-state index contributed by atoms with van der Waals surface area (Å²) in [4.78, 5) is 4.19. The van der Waals surface area contributed by atoms with Crippen LogP contribution in [0.25, 0.3) is 0 Å². The Balaban J connectivity index is 2.02. The fourth-order valence-corrected chi connectivity index (χ4v) is 1.60. The highest BCUT2D eigenvalue weighted by Gasteiger charge is 2.02. The van der Waals surface area contributed by atoms with Crippen molar-refractivity contribution >= 4 is 0 Å². The van der Waals surface area contributed by atoms with Gasteiger partial charge >= 0.3 is 0 Å². The minimum atomic E-state index is -0.248. The number of benzene rings is 1. The molecule has 0 spiro atoms.